The van der Waals surface area contributed by atoms with Crippen molar-refractivity contribution in [2.24, 2.45) is 0 Å². The van der Waals surface area contributed by atoms with E-state index in [0.717, 1.165) is 24.0 Å². The SMILES string of the molecule is CN(C)CCOC(CC(C=O)c1ccccc1)c1ccccc1. The Kier molecular flexibility index (Phi) is 6.98. The molecule has 0 heterocycles. The first kappa shape index (κ1) is 17.4. The topological polar surface area (TPSA) is 29.5 Å². The van der Waals surface area contributed by atoms with E-state index in [0.29, 0.717) is 13.0 Å². The number of carbonyl (C=O) groups excluding carboxylic acids is 1. The highest BCUT2D eigenvalue weighted by molar-refractivity contribution is 5.62. The van der Waals surface area contributed by atoms with Crippen LogP contribution in [0.5, 0.6) is 0 Å². The maximum Gasteiger partial charge on any atom is 0.127 e. The minimum Gasteiger partial charge on any atom is -0.372 e. The molecule has 0 saturated heterocycles. The van der Waals surface area contributed by atoms with Crippen LogP contribution in [-0.2, 0) is 9.53 Å². The Bertz CT molecular complexity index is 569. The largest absolute Gasteiger partial charge is 0.372 e. The molecule has 122 valence electrons. The number of nitrogens with zero attached hydrogens (tertiary/aromatic N) is 1. The smallest absolute Gasteiger partial charge is 0.127 e. The summed E-state index contributed by atoms with van der Waals surface area (Å²) in [7, 11) is 4.05. The monoisotopic (exact) mass is 311 g/mol. The number of carbonyl (C=O) groups is 1. The van der Waals surface area contributed by atoms with Gasteiger partial charge in [0.15, 0.2) is 0 Å². The van der Waals surface area contributed by atoms with Crippen molar-refractivity contribution >= 4 is 6.29 Å². The van der Waals surface area contributed by atoms with Gasteiger partial charge in [0.1, 0.15) is 6.29 Å². The molecule has 0 bridgehead atoms. The molecule has 23 heavy (non-hydrogen) atoms. The summed E-state index contributed by atoms with van der Waals surface area (Å²) in [5.74, 6) is -0.152. The molecule has 2 atom stereocenters. The van der Waals surface area contributed by atoms with Gasteiger partial charge in [-0.15, -0.1) is 0 Å². The Morgan fingerprint density at radius 3 is 2.04 bits per heavy atom. The Labute approximate surface area is 138 Å². The van der Waals surface area contributed by atoms with E-state index in [1.807, 2.05) is 62.6 Å². The van der Waals surface area contributed by atoms with Gasteiger partial charge in [-0.25, -0.2) is 0 Å². The lowest BCUT2D eigenvalue weighted by Gasteiger charge is -2.22. The standard InChI is InChI=1S/C20H25NO2/c1-21(2)13-14-23-20(18-11-7-4-8-12-18)15-19(16-22)17-9-5-3-6-10-17/h3-12,16,19-20H,13-15H2,1-2H3. The van der Waals surface area contributed by atoms with Gasteiger partial charge in [0.25, 0.3) is 0 Å². The van der Waals surface area contributed by atoms with Gasteiger partial charge in [-0.1, -0.05) is 60.7 Å². The van der Waals surface area contributed by atoms with E-state index in [1.54, 1.807) is 0 Å². The second-order valence-electron chi connectivity index (χ2n) is 5.96. The van der Waals surface area contributed by atoms with E-state index in [1.165, 1.54) is 0 Å². The maximum atomic E-state index is 11.6. The highest BCUT2D eigenvalue weighted by Gasteiger charge is 2.19. The van der Waals surface area contributed by atoms with Gasteiger partial charge >= 0.3 is 0 Å². The molecule has 0 N–H and O–H groups in total. The summed E-state index contributed by atoms with van der Waals surface area (Å²) in [5, 5.41) is 0. The number of aldehydes is 1. The number of rotatable bonds is 9. The van der Waals surface area contributed by atoms with E-state index in [4.69, 9.17) is 4.74 Å². The summed E-state index contributed by atoms with van der Waals surface area (Å²) in [6.07, 6.45) is 1.61. The van der Waals surface area contributed by atoms with Gasteiger partial charge in [-0.05, 0) is 31.6 Å². The molecule has 0 aliphatic heterocycles. The van der Waals surface area contributed by atoms with Crippen molar-refractivity contribution in [3.8, 4) is 0 Å². The zero-order chi connectivity index (χ0) is 16.5. The van der Waals surface area contributed by atoms with Crippen molar-refractivity contribution in [3.63, 3.8) is 0 Å². The molecule has 3 heteroatoms. The molecular weight excluding hydrogens is 286 g/mol. The Balaban J connectivity index is 2.11. The number of benzene rings is 2. The molecule has 2 aromatic rings. The van der Waals surface area contributed by atoms with Gasteiger partial charge in [-0.3, -0.25) is 0 Å². The number of hydrogen-bond donors (Lipinski definition) is 0. The molecule has 0 aliphatic rings. The summed E-state index contributed by atoms with van der Waals surface area (Å²) >= 11 is 0. The normalized spacial score (nSPS) is 13.7. The third kappa shape index (κ3) is 5.62. The average molecular weight is 311 g/mol. The van der Waals surface area contributed by atoms with Gasteiger partial charge in [-0.2, -0.15) is 0 Å². The third-order valence-electron chi connectivity index (χ3n) is 3.89. The molecule has 0 aliphatic carbocycles. The summed E-state index contributed by atoms with van der Waals surface area (Å²) in [6, 6.07) is 20.0. The van der Waals surface area contributed by atoms with Crippen LogP contribution >= 0.6 is 0 Å². The van der Waals surface area contributed by atoms with Crippen molar-refractivity contribution in [1.82, 2.24) is 4.90 Å². The minimum absolute atomic E-state index is 0.0773. The zero-order valence-electron chi connectivity index (χ0n) is 13.9. The molecule has 2 aromatic carbocycles. The average Bonchev–Trinajstić information content (AvgIpc) is 2.59. The van der Waals surface area contributed by atoms with Gasteiger partial charge in [0, 0.05) is 12.5 Å². The summed E-state index contributed by atoms with van der Waals surface area (Å²) in [4.78, 5) is 13.7. The van der Waals surface area contributed by atoms with Crippen LogP contribution in [0.2, 0.25) is 0 Å². The van der Waals surface area contributed by atoms with Gasteiger partial charge in [0.05, 0.1) is 12.7 Å². The molecular formula is C20H25NO2. The van der Waals surface area contributed by atoms with Crippen molar-refractivity contribution in [3.05, 3.63) is 71.8 Å². The first-order valence-electron chi connectivity index (χ1n) is 8.02. The van der Waals surface area contributed by atoms with Crippen LogP contribution in [0, 0.1) is 0 Å². The molecule has 0 aromatic heterocycles. The van der Waals surface area contributed by atoms with Crippen LogP contribution in [-0.4, -0.2) is 38.4 Å². The van der Waals surface area contributed by atoms with Crippen molar-refractivity contribution in [1.29, 1.82) is 0 Å². The molecule has 3 nitrogen and oxygen atoms in total. The molecule has 2 rings (SSSR count). The van der Waals surface area contributed by atoms with E-state index >= 15 is 0 Å². The lowest BCUT2D eigenvalue weighted by atomic mass is 9.92. The second-order valence-corrected chi connectivity index (χ2v) is 5.96. The highest BCUT2D eigenvalue weighted by atomic mass is 16.5. The predicted octanol–water partition coefficient (Wildman–Crippen LogP) is 3.68. The van der Waals surface area contributed by atoms with Crippen LogP contribution in [0.15, 0.2) is 60.7 Å². The van der Waals surface area contributed by atoms with E-state index in [9.17, 15) is 4.79 Å². The maximum absolute atomic E-state index is 11.6. The fourth-order valence-electron chi connectivity index (χ4n) is 2.55. The fraction of sp³-hybridized carbons (Fsp3) is 0.350. The molecule has 0 saturated carbocycles. The Morgan fingerprint density at radius 1 is 0.957 bits per heavy atom. The van der Waals surface area contributed by atoms with Crippen molar-refractivity contribution < 1.29 is 9.53 Å². The minimum atomic E-state index is -0.152. The third-order valence-corrected chi connectivity index (χ3v) is 3.89. The first-order valence-corrected chi connectivity index (χ1v) is 8.02. The molecule has 2 unspecified atom stereocenters. The van der Waals surface area contributed by atoms with Crippen LogP contribution in [0.3, 0.4) is 0 Å². The van der Waals surface area contributed by atoms with Crippen molar-refractivity contribution in [2.45, 2.75) is 18.4 Å². The second kappa shape index (κ2) is 9.23. The number of hydrogen-bond acceptors (Lipinski definition) is 3. The molecule has 0 fully saturated rings. The summed E-state index contributed by atoms with van der Waals surface area (Å²) in [5.41, 5.74) is 2.16. The predicted molar refractivity (Wildman–Crippen MR) is 93.6 cm³/mol. The van der Waals surface area contributed by atoms with Crippen LogP contribution in [0.4, 0.5) is 0 Å². The fourth-order valence-corrected chi connectivity index (χ4v) is 2.55. The quantitative estimate of drug-likeness (QED) is 0.662. The van der Waals surface area contributed by atoms with E-state index in [-0.39, 0.29) is 12.0 Å². The Morgan fingerprint density at radius 2 is 1.52 bits per heavy atom. The van der Waals surface area contributed by atoms with Gasteiger partial charge in [0.2, 0.25) is 0 Å². The number of likely N-dealkylation sites (N-methyl/N-ethyl adjacent to an activating group) is 1. The van der Waals surface area contributed by atoms with Gasteiger partial charge < -0.3 is 14.4 Å². The van der Waals surface area contributed by atoms with Crippen LogP contribution < -0.4 is 0 Å². The van der Waals surface area contributed by atoms with E-state index in [2.05, 4.69) is 17.0 Å². The zero-order valence-corrected chi connectivity index (χ0v) is 13.9. The lowest BCUT2D eigenvalue weighted by molar-refractivity contribution is -0.110. The molecule has 0 amide bonds. The number of ether oxygens (including phenoxy) is 1. The van der Waals surface area contributed by atoms with E-state index < -0.39 is 0 Å². The Hall–Kier alpha value is -1.97. The van der Waals surface area contributed by atoms with Crippen molar-refractivity contribution in [2.75, 3.05) is 27.2 Å². The molecule has 0 radical (unpaired) electrons. The highest BCUT2D eigenvalue weighted by Crippen LogP contribution is 2.29. The first-order chi connectivity index (χ1) is 11.2. The summed E-state index contributed by atoms with van der Waals surface area (Å²) < 4.78 is 6.09. The lowest BCUT2D eigenvalue weighted by Crippen LogP contribution is -2.20. The summed E-state index contributed by atoms with van der Waals surface area (Å²) in [6.45, 7) is 1.51. The molecule has 0 spiro atoms. The van der Waals surface area contributed by atoms with Crippen LogP contribution in [0.1, 0.15) is 29.6 Å². The van der Waals surface area contributed by atoms with Crippen LogP contribution in [0.25, 0.3) is 0 Å².